The highest BCUT2D eigenvalue weighted by Gasteiger charge is 2.12. The molecular weight excluding hydrogens is 384 g/mol. The molecule has 1 heterocycles. The largest absolute Gasteiger partial charge is 0.497 e. The number of rotatable bonds is 7. The Kier molecular flexibility index (Phi) is 6.29. The van der Waals surface area contributed by atoms with E-state index in [1.807, 2.05) is 0 Å². The van der Waals surface area contributed by atoms with Crippen molar-refractivity contribution < 1.29 is 23.5 Å². The number of amides is 1. The van der Waals surface area contributed by atoms with Crippen molar-refractivity contribution in [3.8, 4) is 17.1 Å². The van der Waals surface area contributed by atoms with Gasteiger partial charge in [-0.05, 0) is 48.5 Å². The van der Waals surface area contributed by atoms with Gasteiger partial charge in [0.2, 0.25) is 5.89 Å². The maximum Gasteiger partial charge on any atom is 0.325 e. The van der Waals surface area contributed by atoms with Gasteiger partial charge in [0.05, 0.1) is 13.3 Å². The Morgan fingerprint density at radius 3 is 2.50 bits per heavy atom. The lowest BCUT2D eigenvalue weighted by Crippen LogP contribution is -2.30. The number of oxazole rings is 1. The van der Waals surface area contributed by atoms with E-state index in [-0.39, 0.29) is 24.9 Å². The second kappa shape index (κ2) is 9.05. The Morgan fingerprint density at radius 1 is 1.11 bits per heavy atom. The van der Waals surface area contributed by atoms with Crippen LogP contribution in [0, 0.1) is 0 Å². The van der Waals surface area contributed by atoms with Crippen LogP contribution in [0.2, 0.25) is 5.02 Å². The van der Waals surface area contributed by atoms with Gasteiger partial charge in [-0.1, -0.05) is 11.6 Å². The minimum atomic E-state index is -0.604. The quantitative estimate of drug-likeness (QED) is 0.610. The molecule has 0 unspecified atom stereocenters. The standard InChI is InChI=1S/C20H17ClN2O5/c1-26-16-8-4-14(5-9-16)20(25)23-11-19(24)27-12-18-22-10-17(28-18)13-2-6-15(21)7-3-13/h2-10H,11-12H2,1H3,(H,23,25). The number of nitrogens with one attached hydrogen (secondary N) is 1. The third-order valence-corrected chi connectivity index (χ3v) is 4.04. The third kappa shape index (κ3) is 5.11. The summed E-state index contributed by atoms with van der Waals surface area (Å²) in [4.78, 5) is 27.9. The van der Waals surface area contributed by atoms with E-state index in [9.17, 15) is 9.59 Å². The Hall–Kier alpha value is -3.32. The number of benzene rings is 2. The van der Waals surface area contributed by atoms with Gasteiger partial charge >= 0.3 is 5.97 Å². The summed E-state index contributed by atoms with van der Waals surface area (Å²) in [7, 11) is 1.54. The molecule has 8 heteroatoms. The molecule has 0 radical (unpaired) electrons. The lowest BCUT2D eigenvalue weighted by Gasteiger charge is -2.06. The van der Waals surface area contributed by atoms with Crippen molar-refractivity contribution in [2.75, 3.05) is 13.7 Å². The van der Waals surface area contributed by atoms with Crippen LogP contribution in [-0.4, -0.2) is 30.5 Å². The van der Waals surface area contributed by atoms with Crippen molar-refractivity contribution in [1.82, 2.24) is 10.3 Å². The van der Waals surface area contributed by atoms with Crippen LogP contribution in [0.15, 0.2) is 59.1 Å². The summed E-state index contributed by atoms with van der Waals surface area (Å²) in [6.07, 6.45) is 1.54. The summed E-state index contributed by atoms with van der Waals surface area (Å²) in [5, 5.41) is 3.11. The smallest absolute Gasteiger partial charge is 0.325 e. The van der Waals surface area contributed by atoms with Crippen molar-refractivity contribution in [3.05, 3.63) is 71.2 Å². The van der Waals surface area contributed by atoms with Gasteiger partial charge in [-0.15, -0.1) is 0 Å². The number of halogens is 1. The topological polar surface area (TPSA) is 90.7 Å². The van der Waals surface area contributed by atoms with Crippen LogP contribution in [0.4, 0.5) is 0 Å². The van der Waals surface area contributed by atoms with E-state index in [0.717, 1.165) is 5.56 Å². The number of esters is 1. The number of hydrogen-bond acceptors (Lipinski definition) is 6. The predicted molar refractivity (Wildman–Crippen MR) is 102 cm³/mol. The highest BCUT2D eigenvalue weighted by molar-refractivity contribution is 6.30. The number of carbonyl (C=O) groups excluding carboxylic acids is 2. The van der Waals surface area contributed by atoms with Gasteiger partial charge in [-0.25, -0.2) is 4.98 Å². The fourth-order valence-electron chi connectivity index (χ4n) is 2.31. The molecule has 0 bridgehead atoms. The summed E-state index contributed by atoms with van der Waals surface area (Å²) < 4.78 is 15.6. The molecule has 144 valence electrons. The van der Waals surface area contributed by atoms with Gasteiger partial charge in [-0.2, -0.15) is 0 Å². The minimum absolute atomic E-state index is 0.134. The zero-order valence-electron chi connectivity index (χ0n) is 15.0. The number of carbonyl (C=O) groups is 2. The summed E-state index contributed by atoms with van der Waals surface area (Å²) in [5.41, 5.74) is 1.22. The Bertz CT molecular complexity index is 951. The normalized spacial score (nSPS) is 10.4. The van der Waals surface area contributed by atoms with Crippen molar-refractivity contribution in [2.24, 2.45) is 0 Å². The van der Waals surface area contributed by atoms with E-state index in [1.54, 1.807) is 48.5 Å². The Morgan fingerprint density at radius 2 is 1.82 bits per heavy atom. The summed E-state index contributed by atoms with van der Waals surface area (Å²) in [5.74, 6) is 0.434. The van der Waals surface area contributed by atoms with Crippen LogP contribution >= 0.6 is 11.6 Å². The number of ether oxygens (including phenoxy) is 2. The van der Waals surface area contributed by atoms with Gasteiger partial charge in [0.25, 0.3) is 5.91 Å². The number of hydrogen-bond donors (Lipinski definition) is 1. The van der Waals surface area contributed by atoms with Crippen LogP contribution in [0.3, 0.4) is 0 Å². The molecule has 1 N–H and O–H groups in total. The summed E-state index contributed by atoms with van der Waals surface area (Å²) in [6.45, 7) is -0.402. The maximum absolute atomic E-state index is 12.0. The zero-order chi connectivity index (χ0) is 19.9. The van der Waals surface area contributed by atoms with Gasteiger partial charge in [0.1, 0.15) is 12.3 Å². The van der Waals surface area contributed by atoms with E-state index in [4.69, 9.17) is 25.5 Å². The van der Waals surface area contributed by atoms with E-state index in [2.05, 4.69) is 10.3 Å². The van der Waals surface area contributed by atoms with Gasteiger partial charge in [-0.3, -0.25) is 9.59 Å². The van der Waals surface area contributed by atoms with Crippen LogP contribution in [0.25, 0.3) is 11.3 Å². The monoisotopic (exact) mass is 400 g/mol. The molecule has 2 aromatic carbocycles. The highest BCUT2D eigenvalue weighted by Crippen LogP contribution is 2.22. The average Bonchev–Trinajstić information content (AvgIpc) is 3.20. The second-order valence-electron chi connectivity index (χ2n) is 5.70. The summed E-state index contributed by atoms with van der Waals surface area (Å²) in [6, 6.07) is 13.6. The first kappa shape index (κ1) is 19.4. The molecule has 0 aliphatic heterocycles. The Balaban J connectivity index is 1.46. The molecule has 0 atom stereocenters. The third-order valence-electron chi connectivity index (χ3n) is 3.78. The summed E-state index contributed by atoms with van der Waals surface area (Å²) >= 11 is 5.85. The highest BCUT2D eigenvalue weighted by atomic mass is 35.5. The van der Waals surface area contributed by atoms with Crippen molar-refractivity contribution in [3.63, 3.8) is 0 Å². The van der Waals surface area contributed by atoms with Crippen molar-refractivity contribution >= 4 is 23.5 Å². The molecule has 0 saturated carbocycles. The van der Waals surface area contributed by atoms with Crippen molar-refractivity contribution in [2.45, 2.75) is 6.61 Å². The van der Waals surface area contributed by atoms with E-state index < -0.39 is 5.97 Å². The minimum Gasteiger partial charge on any atom is -0.497 e. The lowest BCUT2D eigenvalue weighted by molar-refractivity contribution is -0.144. The van der Waals surface area contributed by atoms with E-state index in [0.29, 0.717) is 22.1 Å². The van der Waals surface area contributed by atoms with Crippen LogP contribution in [-0.2, 0) is 16.1 Å². The molecule has 0 saturated heterocycles. The molecule has 3 aromatic rings. The van der Waals surface area contributed by atoms with Crippen LogP contribution in [0.5, 0.6) is 5.75 Å². The lowest BCUT2D eigenvalue weighted by atomic mass is 10.2. The first-order chi connectivity index (χ1) is 13.5. The molecule has 0 aliphatic rings. The van der Waals surface area contributed by atoms with Gasteiger partial charge in [0.15, 0.2) is 12.4 Å². The zero-order valence-corrected chi connectivity index (χ0v) is 15.7. The Labute approximate surface area is 166 Å². The first-order valence-electron chi connectivity index (χ1n) is 8.33. The second-order valence-corrected chi connectivity index (χ2v) is 6.13. The fourth-order valence-corrected chi connectivity index (χ4v) is 2.44. The van der Waals surface area contributed by atoms with Crippen molar-refractivity contribution in [1.29, 1.82) is 0 Å². The molecule has 28 heavy (non-hydrogen) atoms. The van der Waals surface area contributed by atoms with E-state index in [1.165, 1.54) is 13.3 Å². The SMILES string of the molecule is COc1ccc(C(=O)NCC(=O)OCc2ncc(-c3ccc(Cl)cc3)o2)cc1. The van der Waals surface area contributed by atoms with Crippen LogP contribution < -0.4 is 10.1 Å². The molecule has 7 nitrogen and oxygen atoms in total. The number of methoxy groups -OCH3 is 1. The van der Waals surface area contributed by atoms with E-state index >= 15 is 0 Å². The fraction of sp³-hybridized carbons (Fsp3) is 0.150. The molecular formula is C20H17ClN2O5. The van der Waals surface area contributed by atoms with Gasteiger partial charge < -0.3 is 19.2 Å². The maximum atomic E-state index is 12.0. The number of aromatic nitrogens is 1. The molecule has 0 aliphatic carbocycles. The number of nitrogens with zero attached hydrogens (tertiary/aromatic N) is 1. The van der Waals surface area contributed by atoms with Gasteiger partial charge in [0, 0.05) is 16.1 Å². The van der Waals surface area contributed by atoms with Crippen LogP contribution in [0.1, 0.15) is 16.2 Å². The average molecular weight is 401 g/mol. The molecule has 1 aromatic heterocycles. The first-order valence-corrected chi connectivity index (χ1v) is 8.71. The molecule has 0 spiro atoms. The molecule has 0 fully saturated rings. The molecule has 3 rings (SSSR count). The predicted octanol–water partition coefficient (Wildman–Crippen LogP) is 3.48. The molecule has 1 amide bonds.